The van der Waals surface area contributed by atoms with Crippen molar-refractivity contribution in [3.63, 3.8) is 0 Å². The second-order valence-electron chi connectivity index (χ2n) is 6.34. The monoisotopic (exact) mass is 256 g/mol. The molecule has 100 valence electrons. The smallest absolute Gasteiger partial charge is 0.166 e. The Balaban J connectivity index is 1.42. The maximum absolute atomic E-state index is 12.5. The number of carbonyl (C=O) groups is 1. The van der Waals surface area contributed by atoms with Crippen LogP contribution < -0.4 is 10.6 Å². The molecule has 2 heterocycles. The molecule has 2 N–H and O–H groups in total. The molecule has 2 fully saturated rings. The first-order chi connectivity index (χ1) is 9.26. The van der Waals surface area contributed by atoms with Gasteiger partial charge in [0.1, 0.15) is 0 Å². The zero-order valence-corrected chi connectivity index (χ0v) is 11.1. The number of hydrogen-bond acceptors (Lipinski definition) is 3. The highest BCUT2D eigenvalue weighted by Crippen LogP contribution is 2.43. The average Bonchev–Trinajstić information content (AvgIpc) is 2.34. The molecular weight excluding hydrogens is 236 g/mol. The lowest BCUT2D eigenvalue weighted by Crippen LogP contribution is -2.71. The van der Waals surface area contributed by atoms with E-state index in [1.807, 2.05) is 0 Å². The van der Waals surface area contributed by atoms with Gasteiger partial charge in [-0.05, 0) is 43.2 Å². The van der Waals surface area contributed by atoms with Crippen molar-refractivity contribution in [2.24, 2.45) is 0 Å². The first kappa shape index (κ1) is 11.6. The van der Waals surface area contributed by atoms with Crippen LogP contribution in [0.2, 0.25) is 0 Å². The van der Waals surface area contributed by atoms with Crippen LogP contribution in [0.5, 0.6) is 0 Å². The van der Waals surface area contributed by atoms with Gasteiger partial charge < -0.3 is 10.6 Å². The molecule has 2 atom stereocenters. The molecule has 1 saturated heterocycles. The van der Waals surface area contributed by atoms with Crippen molar-refractivity contribution in [3.8, 4) is 0 Å². The summed E-state index contributed by atoms with van der Waals surface area (Å²) >= 11 is 0. The molecule has 3 heteroatoms. The fraction of sp³-hybridized carbons (Fsp3) is 0.562. The van der Waals surface area contributed by atoms with Crippen LogP contribution in [-0.2, 0) is 17.8 Å². The molecular formula is C16H20N2O. The maximum Gasteiger partial charge on any atom is 0.166 e. The van der Waals surface area contributed by atoms with Crippen molar-refractivity contribution >= 4 is 5.78 Å². The molecule has 1 saturated carbocycles. The highest BCUT2D eigenvalue weighted by molar-refractivity contribution is 5.90. The van der Waals surface area contributed by atoms with Crippen LogP contribution in [-0.4, -0.2) is 23.4 Å². The zero-order valence-electron chi connectivity index (χ0n) is 11.1. The predicted octanol–water partition coefficient (Wildman–Crippen LogP) is 1.55. The van der Waals surface area contributed by atoms with Crippen molar-refractivity contribution in [1.82, 2.24) is 10.6 Å². The van der Waals surface area contributed by atoms with Crippen molar-refractivity contribution in [1.29, 1.82) is 0 Å². The van der Waals surface area contributed by atoms with Crippen LogP contribution in [0.25, 0.3) is 0 Å². The molecule has 1 unspecified atom stereocenters. The average molecular weight is 256 g/mol. The third-order valence-corrected chi connectivity index (χ3v) is 5.15. The van der Waals surface area contributed by atoms with Gasteiger partial charge >= 0.3 is 0 Å². The Hall–Kier alpha value is -1.19. The number of benzene rings is 1. The second-order valence-corrected chi connectivity index (χ2v) is 6.34. The van der Waals surface area contributed by atoms with E-state index in [0.29, 0.717) is 11.3 Å². The minimum atomic E-state index is 0.00447. The molecule has 1 aromatic rings. The lowest BCUT2D eigenvalue weighted by molar-refractivity contribution is -0.129. The summed E-state index contributed by atoms with van der Waals surface area (Å²) in [6.07, 6.45) is 5.75. The van der Waals surface area contributed by atoms with E-state index in [9.17, 15) is 4.79 Å². The third-order valence-electron chi connectivity index (χ3n) is 5.15. The number of rotatable bonds is 2. The van der Waals surface area contributed by atoms with Gasteiger partial charge in [-0.2, -0.15) is 0 Å². The summed E-state index contributed by atoms with van der Waals surface area (Å²) in [5.41, 5.74) is 3.02. The van der Waals surface area contributed by atoms with E-state index in [4.69, 9.17) is 0 Å². The van der Waals surface area contributed by atoms with Crippen LogP contribution in [0.3, 0.4) is 0 Å². The summed E-state index contributed by atoms with van der Waals surface area (Å²) in [7, 11) is 0. The molecule has 2 aliphatic heterocycles. The van der Waals surface area contributed by atoms with Gasteiger partial charge in [0.25, 0.3) is 0 Å². The number of nitrogens with one attached hydrogen (secondary N) is 2. The van der Waals surface area contributed by atoms with Crippen molar-refractivity contribution in [3.05, 3.63) is 35.4 Å². The number of carbonyl (C=O) groups excluding carboxylic acids is 1. The molecule has 3 aliphatic rings. The Labute approximate surface area is 113 Å². The highest BCUT2D eigenvalue weighted by Gasteiger charge is 2.51. The lowest BCUT2D eigenvalue weighted by Gasteiger charge is -2.55. The standard InChI is InChI=1S/C16H20N2O/c19-15(14-9-16(18-14)6-3-7-16)13-8-11-4-1-2-5-12(11)10-17-13/h1-2,4-5,13-14,17-18H,3,6-10H2/t13-,14?/m0/s1. The van der Waals surface area contributed by atoms with E-state index in [2.05, 4.69) is 34.9 Å². The van der Waals surface area contributed by atoms with E-state index in [-0.39, 0.29) is 12.1 Å². The van der Waals surface area contributed by atoms with Crippen molar-refractivity contribution < 1.29 is 4.79 Å². The Morgan fingerprint density at radius 2 is 1.89 bits per heavy atom. The molecule has 1 aromatic carbocycles. The molecule has 0 bridgehead atoms. The number of fused-ring (bicyclic) bond motifs is 1. The molecule has 1 spiro atoms. The maximum atomic E-state index is 12.5. The van der Waals surface area contributed by atoms with Crippen molar-refractivity contribution in [2.75, 3.05) is 0 Å². The third kappa shape index (κ3) is 1.84. The van der Waals surface area contributed by atoms with E-state index in [0.717, 1.165) is 19.4 Å². The van der Waals surface area contributed by atoms with Gasteiger partial charge in [0.2, 0.25) is 0 Å². The zero-order chi connectivity index (χ0) is 12.9. The largest absolute Gasteiger partial charge is 0.303 e. The molecule has 0 aromatic heterocycles. The molecule has 1 aliphatic carbocycles. The molecule has 4 rings (SSSR count). The van der Waals surface area contributed by atoms with Gasteiger partial charge in [-0.3, -0.25) is 4.79 Å². The number of hydrogen-bond donors (Lipinski definition) is 2. The number of ketones is 1. The van der Waals surface area contributed by atoms with E-state index < -0.39 is 0 Å². The Bertz CT molecular complexity index is 513. The minimum absolute atomic E-state index is 0.00447. The molecule has 0 amide bonds. The molecule has 3 nitrogen and oxygen atoms in total. The van der Waals surface area contributed by atoms with Gasteiger partial charge in [-0.15, -0.1) is 0 Å². The van der Waals surface area contributed by atoms with Crippen LogP contribution in [0.1, 0.15) is 36.8 Å². The summed E-state index contributed by atoms with van der Waals surface area (Å²) in [6, 6.07) is 8.53. The normalized spacial score (nSPS) is 31.2. The summed E-state index contributed by atoms with van der Waals surface area (Å²) < 4.78 is 0. The fourth-order valence-corrected chi connectivity index (χ4v) is 3.76. The van der Waals surface area contributed by atoms with Crippen molar-refractivity contribution in [2.45, 2.75) is 56.3 Å². The van der Waals surface area contributed by atoms with Crippen LogP contribution in [0.15, 0.2) is 24.3 Å². The Kier molecular flexibility index (Phi) is 2.54. The Morgan fingerprint density at radius 3 is 2.58 bits per heavy atom. The lowest BCUT2D eigenvalue weighted by atomic mass is 9.65. The highest BCUT2D eigenvalue weighted by atomic mass is 16.1. The van der Waals surface area contributed by atoms with Gasteiger partial charge in [-0.1, -0.05) is 24.3 Å². The number of Topliss-reactive ketones (excluding diaryl/α,β-unsaturated/α-hetero) is 1. The predicted molar refractivity (Wildman–Crippen MR) is 73.9 cm³/mol. The van der Waals surface area contributed by atoms with E-state index in [1.54, 1.807) is 0 Å². The Morgan fingerprint density at radius 1 is 1.16 bits per heavy atom. The van der Waals surface area contributed by atoms with Gasteiger partial charge in [0, 0.05) is 12.1 Å². The molecule has 19 heavy (non-hydrogen) atoms. The van der Waals surface area contributed by atoms with Crippen LogP contribution in [0, 0.1) is 0 Å². The summed E-state index contributed by atoms with van der Waals surface area (Å²) in [5.74, 6) is 0.368. The topological polar surface area (TPSA) is 41.1 Å². The second kappa shape index (κ2) is 4.15. The fourth-order valence-electron chi connectivity index (χ4n) is 3.76. The van der Waals surface area contributed by atoms with Gasteiger partial charge in [-0.25, -0.2) is 0 Å². The summed E-state index contributed by atoms with van der Waals surface area (Å²) in [6.45, 7) is 0.824. The first-order valence-corrected chi connectivity index (χ1v) is 7.37. The van der Waals surface area contributed by atoms with Gasteiger partial charge in [0.05, 0.1) is 12.1 Å². The summed E-state index contributed by atoms with van der Waals surface area (Å²) in [4.78, 5) is 12.5. The first-order valence-electron chi connectivity index (χ1n) is 7.37. The quantitative estimate of drug-likeness (QED) is 0.843. The van der Waals surface area contributed by atoms with Gasteiger partial charge in [0.15, 0.2) is 5.78 Å². The SMILES string of the molecule is O=C(C1CC2(CCC2)N1)[C@@H]1Cc2ccccc2CN1. The van der Waals surface area contributed by atoms with Crippen LogP contribution >= 0.6 is 0 Å². The van der Waals surface area contributed by atoms with Crippen LogP contribution in [0.4, 0.5) is 0 Å². The summed E-state index contributed by atoms with van der Waals surface area (Å²) in [5, 5.41) is 6.92. The molecule has 0 radical (unpaired) electrons. The van der Waals surface area contributed by atoms with E-state index in [1.165, 1.54) is 30.4 Å². The van der Waals surface area contributed by atoms with E-state index >= 15 is 0 Å². The minimum Gasteiger partial charge on any atom is -0.303 e.